The van der Waals surface area contributed by atoms with Crippen molar-refractivity contribution in [2.45, 2.75) is 45.5 Å². The van der Waals surface area contributed by atoms with Gasteiger partial charge >= 0.3 is 0 Å². The number of benzene rings is 2. The molecule has 0 spiro atoms. The van der Waals surface area contributed by atoms with E-state index in [1.54, 1.807) is 25.1 Å². The molecule has 0 aliphatic rings. The second-order valence-corrected chi connectivity index (χ2v) is 7.98. The Balaban J connectivity index is 2.08. The molecule has 29 heavy (non-hydrogen) atoms. The number of rotatable bonds is 10. The normalized spacial score (nSPS) is 11.7. The van der Waals surface area contributed by atoms with Crippen LogP contribution >= 0.6 is 11.8 Å². The summed E-state index contributed by atoms with van der Waals surface area (Å²) in [6, 6.07) is 13.7. The summed E-state index contributed by atoms with van der Waals surface area (Å²) in [6.45, 7) is 6.32. The van der Waals surface area contributed by atoms with E-state index < -0.39 is 6.04 Å². The monoisotopic (exact) mass is 416 g/mol. The molecule has 2 aromatic carbocycles. The van der Waals surface area contributed by atoms with E-state index in [1.807, 2.05) is 38.1 Å². The maximum Gasteiger partial charge on any atom is 0.242 e. The summed E-state index contributed by atoms with van der Waals surface area (Å²) in [6.07, 6.45) is 0.812. The second-order valence-electron chi connectivity index (χ2n) is 7.00. The summed E-state index contributed by atoms with van der Waals surface area (Å²) in [4.78, 5) is 26.9. The molecule has 1 atom stereocenters. The van der Waals surface area contributed by atoms with E-state index in [2.05, 4.69) is 5.32 Å². The van der Waals surface area contributed by atoms with Gasteiger partial charge in [0, 0.05) is 24.4 Å². The molecule has 0 radical (unpaired) electrons. The van der Waals surface area contributed by atoms with E-state index in [1.165, 1.54) is 33.9 Å². The molecule has 0 fully saturated rings. The van der Waals surface area contributed by atoms with Gasteiger partial charge < -0.3 is 10.2 Å². The number of carbonyl (C=O) groups is 2. The zero-order valence-corrected chi connectivity index (χ0v) is 18.1. The fourth-order valence-electron chi connectivity index (χ4n) is 2.89. The SMILES string of the molecule is CCCNC(=O)[C@@H](C)N(Cc1ccccc1F)C(=O)CSCc1ccccc1C. The van der Waals surface area contributed by atoms with E-state index in [0.717, 1.165) is 6.42 Å². The molecule has 6 heteroatoms. The van der Waals surface area contributed by atoms with Gasteiger partial charge in [-0.05, 0) is 37.5 Å². The van der Waals surface area contributed by atoms with Crippen LogP contribution in [0.1, 0.15) is 37.0 Å². The minimum atomic E-state index is -0.673. The zero-order valence-electron chi connectivity index (χ0n) is 17.3. The first-order valence-electron chi connectivity index (χ1n) is 9.86. The van der Waals surface area contributed by atoms with Gasteiger partial charge in [0.05, 0.1) is 5.75 Å². The van der Waals surface area contributed by atoms with Gasteiger partial charge in [-0.3, -0.25) is 9.59 Å². The predicted octanol–water partition coefficient (Wildman–Crippen LogP) is 4.31. The van der Waals surface area contributed by atoms with Crippen molar-refractivity contribution in [3.05, 3.63) is 71.0 Å². The van der Waals surface area contributed by atoms with Gasteiger partial charge in [0.2, 0.25) is 11.8 Å². The van der Waals surface area contributed by atoms with E-state index >= 15 is 0 Å². The lowest BCUT2D eigenvalue weighted by molar-refractivity contribution is -0.138. The molecule has 0 aliphatic carbocycles. The maximum atomic E-state index is 14.2. The number of hydrogen-bond donors (Lipinski definition) is 1. The van der Waals surface area contributed by atoms with Crippen LogP contribution in [0, 0.1) is 12.7 Å². The summed E-state index contributed by atoms with van der Waals surface area (Å²) in [5.74, 6) is 0.168. The minimum Gasteiger partial charge on any atom is -0.354 e. The highest BCUT2D eigenvalue weighted by atomic mass is 32.2. The predicted molar refractivity (Wildman–Crippen MR) is 117 cm³/mol. The van der Waals surface area contributed by atoms with Gasteiger partial charge in [-0.1, -0.05) is 49.4 Å². The lowest BCUT2D eigenvalue weighted by Crippen LogP contribution is -2.48. The Morgan fingerprint density at radius 1 is 1.10 bits per heavy atom. The molecule has 156 valence electrons. The minimum absolute atomic E-state index is 0.0666. The van der Waals surface area contributed by atoms with Crippen LogP contribution < -0.4 is 5.32 Å². The van der Waals surface area contributed by atoms with Crippen molar-refractivity contribution in [2.75, 3.05) is 12.3 Å². The van der Waals surface area contributed by atoms with Crippen LogP contribution in [-0.2, 0) is 21.9 Å². The molecule has 0 heterocycles. The van der Waals surface area contributed by atoms with Crippen molar-refractivity contribution in [3.8, 4) is 0 Å². The van der Waals surface area contributed by atoms with Crippen molar-refractivity contribution in [1.29, 1.82) is 0 Å². The Bertz CT molecular complexity index is 828. The Morgan fingerprint density at radius 3 is 2.41 bits per heavy atom. The van der Waals surface area contributed by atoms with Crippen molar-refractivity contribution in [3.63, 3.8) is 0 Å². The van der Waals surface area contributed by atoms with E-state index in [-0.39, 0.29) is 29.9 Å². The quantitative estimate of drug-likeness (QED) is 0.628. The lowest BCUT2D eigenvalue weighted by Gasteiger charge is -2.29. The van der Waals surface area contributed by atoms with E-state index in [4.69, 9.17) is 0 Å². The van der Waals surface area contributed by atoms with Gasteiger partial charge in [0.15, 0.2) is 0 Å². The fourth-order valence-corrected chi connectivity index (χ4v) is 3.88. The molecule has 2 rings (SSSR count). The Kier molecular flexibility index (Phi) is 9.19. The first-order valence-corrected chi connectivity index (χ1v) is 11.0. The molecular weight excluding hydrogens is 387 g/mol. The highest BCUT2D eigenvalue weighted by Crippen LogP contribution is 2.19. The van der Waals surface area contributed by atoms with Crippen molar-refractivity contribution < 1.29 is 14.0 Å². The molecular formula is C23H29FN2O2S. The number of aryl methyl sites for hydroxylation is 1. The first kappa shape index (κ1) is 22.9. The molecule has 4 nitrogen and oxygen atoms in total. The third-order valence-corrected chi connectivity index (χ3v) is 5.73. The van der Waals surface area contributed by atoms with Crippen molar-refractivity contribution in [1.82, 2.24) is 10.2 Å². The van der Waals surface area contributed by atoms with Crippen LogP contribution in [0.15, 0.2) is 48.5 Å². The average Bonchev–Trinajstić information content (AvgIpc) is 2.72. The molecule has 2 aromatic rings. The fraction of sp³-hybridized carbons (Fsp3) is 0.391. The van der Waals surface area contributed by atoms with Crippen LogP contribution in [0.4, 0.5) is 4.39 Å². The summed E-state index contributed by atoms with van der Waals surface area (Å²) in [5.41, 5.74) is 2.77. The van der Waals surface area contributed by atoms with E-state index in [9.17, 15) is 14.0 Å². The van der Waals surface area contributed by atoms with Gasteiger partial charge in [-0.2, -0.15) is 0 Å². The molecule has 0 bridgehead atoms. The summed E-state index contributed by atoms with van der Waals surface area (Å²) in [5, 5.41) is 2.82. The summed E-state index contributed by atoms with van der Waals surface area (Å²) >= 11 is 1.50. The Labute approximate surface area is 176 Å². The van der Waals surface area contributed by atoms with Crippen LogP contribution in [0.2, 0.25) is 0 Å². The molecule has 0 aliphatic heterocycles. The summed E-state index contributed by atoms with van der Waals surface area (Å²) in [7, 11) is 0. The summed E-state index contributed by atoms with van der Waals surface area (Å²) < 4.78 is 14.2. The largest absolute Gasteiger partial charge is 0.354 e. The second kappa shape index (κ2) is 11.6. The molecule has 0 unspecified atom stereocenters. The van der Waals surface area contributed by atoms with Gasteiger partial charge in [0.1, 0.15) is 11.9 Å². The maximum absolute atomic E-state index is 14.2. The number of nitrogens with zero attached hydrogens (tertiary/aromatic N) is 1. The van der Waals surface area contributed by atoms with Crippen LogP contribution in [0.3, 0.4) is 0 Å². The molecule has 0 aromatic heterocycles. The van der Waals surface area contributed by atoms with Crippen LogP contribution in [-0.4, -0.2) is 35.1 Å². The van der Waals surface area contributed by atoms with Gasteiger partial charge in [-0.25, -0.2) is 4.39 Å². The standard InChI is InChI=1S/C23H29FN2O2S/c1-4-13-25-23(28)18(3)26(14-19-10-7-8-12-21(19)24)22(27)16-29-15-20-11-6-5-9-17(20)2/h5-12,18H,4,13-16H2,1-3H3,(H,25,28)/t18-/m1/s1. The number of thioether (sulfide) groups is 1. The average molecular weight is 417 g/mol. The molecule has 0 saturated carbocycles. The van der Waals surface area contributed by atoms with Crippen LogP contribution in [0.5, 0.6) is 0 Å². The highest BCUT2D eigenvalue weighted by Gasteiger charge is 2.26. The van der Waals surface area contributed by atoms with Gasteiger partial charge in [0.25, 0.3) is 0 Å². The topological polar surface area (TPSA) is 49.4 Å². The third-order valence-electron chi connectivity index (χ3n) is 4.76. The lowest BCUT2D eigenvalue weighted by atomic mass is 10.1. The molecule has 2 amide bonds. The number of halogens is 1. The van der Waals surface area contributed by atoms with Crippen LogP contribution in [0.25, 0.3) is 0 Å². The number of hydrogen-bond acceptors (Lipinski definition) is 3. The number of amides is 2. The van der Waals surface area contributed by atoms with Crippen molar-refractivity contribution >= 4 is 23.6 Å². The Morgan fingerprint density at radius 2 is 1.76 bits per heavy atom. The van der Waals surface area contributed by atoms with E-state index in [0.29, 0.717) is 17.9 Å². The van der Waals surface area contributed by atoms with Crippen molar-refractivity contribution in [2.24, 2.45) is 0 Å². The van der Waals surface area contributed by atoms with Gasteiger partial charge in [-0.15, -0.1) is 11.8 Å². The smallest absolute Gasteiger partial charge is 0.242 e. The molecule has 1 N–H and O–H groups in total. The number of nitrogens with one attached hydrogen (secondary N) is 1. The molecule has 0 saturated heterocycles. The first-order chi connectivity index (χ1) is 13.9. The highest BCUT2D eigenvalue weighted by molar-refractivity contribution is 7.99. The third kappa shape index (κ3) is 6.89. The Hall–Kier alpha value is -2.34. The zero-order chi connectivity index (χ0) is 21.2. The number of carbonyl (C=O) groups excluding carboxylic acids is 2.